The van der Waals surface area contributed by atoms with Gasteiger partial charge in [0.05, 0.1) is 4.92 Å². The summed E-state index contributed by atoms with van der Waals surface area (Å²) in [7, 11) is 0. The summed E-state index contributed by atoms with van der Waals surface area (Å²) in [6.07, 6.45) is -5.26. The van der Waals surface area contributed by atoms with E-state index in [4.69, 9.17) is 23.7 Å². The van der Waals surface area contributed by atoms with E-state index in [1.54, 1.807) is 0 Å². The van der Waals surface area contributed by atoms with Gasteiger partial charge in [0, 0.05) is 40.7 Å². The van der Waals surface area contributed by atoms with Crippen LogP contribution in [0.5, 0.6) is 0 Å². The van der Waals surface area contributed by atoms with E-state index in [-0.39, 0.29) is 0 Å². The zero-order valence-electron chi connectivity index (χ0n) is 17.0. The molecule has 0 saturated heterocycles. The third-order valence-corrected chi connectivity index (χ3v) is 3.09. The van der Waals surface area contributed by atoms with Crippen molar-refractivity contribution in [2.24, 2.45) is 0 Å². The predicted octanol–water partition coefficient (Wildman–Crippen LogP) is 0.0667. The molecule has 0 aliphatic carbocycles. The first-order valence-electron chi connectivity index (χ1n) is 8.47. The molecule has 168 valence electrons. The Morgan fingerprint density at radius 3 is 1.63 bits per heavy atom. The summed E-state index contributed by atoms with van der Waals surface area (Å²) in [5.74, 6) is -4.39. The van der Waals surface area contributed by atoms with Gasteiger partial charge in [-0.1, -0.05) is 0 Å². The van der Waals surface area contributed by atoms with Gasteiger partial charge in [-0.3, -0.25) is 34.1 Å². The van der Waals surface area contributed by atoms with Crippen molar-refractivity contribution >= 4 is 29.8 Å². The van der Waals surface area contributed by atoms with E-state index in [9.17, 15) is 34.1 Å². The minimum Gasteiger partial charge on any atom is -0.462 e. The first kappa shape index (κ1) is 26.5. The average molecular weight is 433 g/mol. The Hall–Kier alpha value is -3.51. The van der Waals surface area contributed by atoms with Crippen LogP contribution in [0.15, 0.2) is 12.3 Å². The number of esters is 5. The molecule has 0 heterocycles. The van der Waals surface area contributed by atoms with Gasteiger partial charge in [0.2, 0.25) is 6.20 Å². The standard InChI is InChI=1S/C17H23NO12/c1-9(19)26-8-15(28-11(3)21)17(30-13(5)23)16(29-12(4)22)14(27-10(2)20)6-7-18(24)25/h6-7,14-17H,8H2,1-5H3/b7-6+. The van der Waals surface area contributed by atoms with Crippen LogP contribution in [0.3, 0.4) is 0 Å². The van der Waals surface area contributed by atoms with Gasteiger partial charge in [0.25, 0.3) is 0 Å². The minimum absolute atomic E-state index is 0.418. The van der Waals surface area contributed by atoms with Crippen LogP contribution < -0.4 is 0 Å². The van der Waals surface area contributed by atoms with Crippen molar-refractivity contribution in [2.75, 3.05) is 6.61 Å². The highest BCUT2D eigenvalue weighted by atomic mass is 16.6. The molecule has 4 unspecified atom stereocenters. The molecule has 0 aromatic rings. The fourth-order valence-electron chi connectivity index (χ4n) is 2.23. The summed E-state index contributed by atoms with van der Waals surface area (Å²) in [5, 5.41) is 10.7. The Morgan fingerprint density at radius 1 is 0.767 bits per heavy atom. The van der Waals surface area contributed by atoms with Gasteiger partial charge in [-0.15, -0.1) is 0 Å². The number of carbonyl (C=O) groups is 5. The van der Waals surface area contributed by atoms with Crippen LogP contribution in [0.2, 0.25) is 0 Å². The number of nitrogens with zero attached hydrogens (tertiary/aromatic N) is 1. The van der Waals surface area contributed by atoms with Gasteiger partial charge in [-0.25, -0.2) is 0 Å². The quantitative estimate of drug-likeness (QED) is 0.186. The lowest BCUT2D eigenvalue weighted by atomic mass is 10.0. The van der Waals surface area contributed by atoms with Crippen LogP contribution in [0.1, 0.15) is 34.6 Å². The normalized spacial score (nSPS) is 14.6. The molecule has 0 aromatic heterocycles. The monoisotopic (exact) mass is 433 g/mol. The maximum absolute atomic E-state index is 11.6. The van der Waals surface area contributed by atoms with Crippen molar-refractivity contribution in [2.45, 2.75) is 59.0 Å². The van der Waals surface area contributed by atoms with Crippen molar-refractivity contribution in [3.8, 4) is 0 Å². The van der Waals surface area contributed by atoms with Gasteiger partial charge in [0.1, 0.15) is 6.61 Å². The summed E-state index contributed by atoms with van der Waals surface area (Å²) in [4.78, 5) is 67.2. The molecule has 0 radical (unpaired) electrons. The molecule has 0 spiro atoms. The van der Waals surface area contributed by atoms with Crippen molar-refractivity contribution in [3.05, 3.63) is 22.4 Å². The van der Waals surface area contributed by atoms with Crippen molar-refractivity contribution in [3.63, 3.8) is 0 Å². The van der Waals surface area contributed by atoms with Gasteiger partial charge >= 0.3 is 29.8 Å². The maximum Gasteiger partial charge on any atom is 0.303 e. The van der Waals surface area contributed by atoms with Crippen molar-refractivity contribution in [1.82, 2.24) is 0 Å². The number of ether oxygens (including phenoxy) is 5. The van der Waals surface area contributed by atoms with Crippen molar-refractivity contribution in [1.29, 1.82) is 0 Å². The van der Waals surface area contributed by atoms with E-state index in [0.29, 0.717) is 6.20 Å². The van der Waals surface area contributed by atoms with E-state index in [1.807, 2.05) is 0 Å². The second-order valence-corrected chi connectivity index (χ2v) is 5.80. The summed E-state index contributed by atoms with van der Waals surface area (Å²) < 4.78 is 25.0. The van der Waals surface area contributed by atoms with Gasteiger partial charge in [-0.2, -0.15) is 0 Å². The number of nitro groups is 1. The Kier molecular flexibility index (Phi) is 11.3. The number of carbonyl (C=O) groups excluding carboxylic acids is 5. The molecule has 0 N–H and O–H groups in total. The topological polar surface area (TPSA) is 175 Å². The van der Waals surface area contributed by atoms with E-state index >= 15 is 0 Å². The van der Waals surface area contributed by atoms with Gasteiger partial charge < -0.3 is 23.7 Å². The molecule has 0 bridgehead atoms. The van der Waals surface area contributed by atoms with Gasteiger partial charge in [-0.05, 0) is 0 Å². The Morgan fingerprint density at radius 2 is 1.23 bits per heavy atom. The first-order chi connectivity index (χ1) is 13.8. The fourth-order valence-corrected chi connectivity index (χ4v) is 2.23. The predicted molar refractivity (Wildman–Crippen MR) is 95.0 cm³/mol. The minimum atomic E-state index is -1.69. The molecule has 0 rings (SSSR count). The highest BCUT2D eigenvalue weighted by molar-refractivity contribution is 5.69. The second-order valence-electron chi connectivity index (χ2n) is 5.80. The van der Waals surface area contributed by atoms with E-state index in [1.165, 1.54) is 0 Å². The summed E-state index contributed by atoms with van der Waals surface area (Å²) in [5.41, 5.74) is 0. The molecule has 13 heteroatoms. The van der Waals surface area contributed by atoms with Crippen LogP contribution >= 0.6 is 0 Å². The summed E-state index contributed by atoms with van der Waals surface area (Å²) in [6, 6.07) is 0. The first-order valence-corrected chi connectivity index (χ1v) is 8.47. The third-order valence-electron chi connectivity index (χ3n) is 3.09. The third kappa shape index (κ3) is 11.4. The molecule has 0 fully saturated rings. The van der Waals surface area contributed by atoms with Crippen LogP contribution in [0, 0.1) is 10.1 Å². The van der Waals surface area contributed by atoms with Crippen LogP contribution in [-0.2, 0) is 47.7 Å². The van der Waals surface area contributed by atoms with Crippen molar-refractivity contribution < 1.29 is 52.6 Å². The molecule has 0 aromatic carbocycles. The number of hydrogen-bond donors (Lipinski definition) is 0. The van der Waals surface area contributed by atoms with Crippen LogP contribution in [0.25, 0.3) is 0 Å². The molecule has 30 heavy (non-hydrogen) atoms. The lowest BCUT2D eigenvalue weighted by molar-refractivity contribution is -0.403. The lowest BCUT2D eigenvalue weighted by Crippen LogP contribution is -2.52. The Balaban J connectivity index is 6.33. The average Bonchev–Trinajstić information content (AvgIpc) is 2.57. The molecular weight excluding hydrogens is 410 g/mol. The van der Waals surface area contributed by atoms with Crippen LogP contribution in [0.4, 0.5) is 0 Å². The summed E-state index contributed by atoms with van der Waals surface area (Å²) >= 11 is 0. The summed E-state index contributed by atoms with van der Waals surface area (Å²) in [6.45, 7) is 4.42. The van der Waals surface area contributed by atoms with E-state index < -0.39 is 65.8 Å². The molecule has 0 aliphatic heterocycles. The largest absolute Gasteiger partial charge is 0.462 e. The zero-order valence-corrected chi connectivity index (χ0v) is 17.0. The molecule has 0 aliphatic rings. The highest BCUT2D eigenvalue weighted by Crippen LogP contribution is 2.21. The zero-order chi connectivity index (χ0) is 23.4. The van der Waals surface area contributed by atoms with E-state index in [2.05, 4.69) is 0 Å². The fraction of sp³-hybridized carbons (Fsp3) is 0.588. The van der Waals surface area contributed by atoms with Crippen LogP contribution in [-0.4, -0.2) is 65.8 Å². The Bertz CT molecular complexity index is 701. The molecule has 0 amide bonds. The van der Waals surface area contributed by atoms with E-state index in [0.717, 1.165) is 40.7 Å². The Labute approximate surface area is 171 Å². The molecule has 4 atom stereocenters. The number of rotatable bonds is 11. The molecule has 13 nitrogen and oxygen atoms in total. The highest BCUT2D eigenvalue weighted by Gasteiger charge is 2.43. The van der Waals surface area contributed by atoms with Gasteiger partial charge in [0.15, 0.2) is 24.4 Å². The molecular formula is C17H23NO12. The smallest absolute Gasteiger partial charge is 0.303 e. The second kappa shape index (κ2) is 12.9. The lowest BCUT2D eigenvalue weighted by Gasteiger charge is -2.34. The number of hydrogen-bond acceptors (Lipinski definition) is 12. The maximum atomic E-state index is 11.6. The SMILES string of the molecule is CC(=O)OCC(OC(C)=O)C(OC(C)=O)C(OC(C)=O)C(/C=C/[N+](=O)[O-])OC(C)=O. The molecule has 0 saturated carbocycles.